The number of carbonyl (C=O) groups excluding carboxylic acids is 2. The van der Waals surface area contributed by atoms with Gasteiger partial charge in [-0.25, -0.2) is 4.98 Å². The summed E-state index contributed by atoms with van der Waals surface area (Å²) >= 11 is 0. The summed E-state index contributed by atoms with van der Waals surface area (Å²) in [5.41, 5.74) is 1.99. The van der Waals surface area contributed by atoms with Gasteiger partial charge < -0.3 is 15.1 Å². The molecular formula is C23H28N4O2. The summed E-state index contributed by atoms with van der Waals surface area (Å²) in [6.45, 7) is 5.24. The number of nitrogens with zero attached hydrogens (tertiary/aromatic N) is 3. The number of benzene rings is 1. The van der Waals surface area contributed by atoms with Gasteiger partial charge in [0, 0.05) is 45.8 Å². The number of rotatable bonds is 6. The summed E-state index contributed by atoms with van der Waals surface area (Å²) in [4.78, 5) is 33.0. The van der Waals surface area contributed by atoms with Gasteiger partial charge in [0.05, 0.1) is 5.41 Å². The summed E-state index contributed by atoms with van der Waals surface area (Å²) in [6, 6.07) is 14.3. The van der Waals surface area contributed by atoms with Crippen LogP contribution in [0.3, 0.4) is 0 Å². The van der Waals surface area contributed by atoms with Crippen molar-refractivity contribution in [1.29, 1.82) is 0 Å². The van der Waals surface area contributed by atoms with Crippen LogP contribution >= 0.6 is 0 Å². The maximum absolute atomic E-state index is 13.2. The summed E-state index contributed by atoms with van der Waals surface area (Å²) < 4.78 is 0. The van der Waals surface area contributed by atoms with E-state index in [0.29, 0.717) is 12.5 Å². The fourth-order valence-electron chi connectivity index (χ4n) is 4.40. The number of likely N-dealkylation sites (tertiary alicyclic amines) is 1. The Morgan fingerprint density at radius 2 is 1.90 bits per heavy atom. The van der Waals surface area contributed by atoms with Gasteiger partial charge in [-0.1, -0.05) is 36.4 Å². The molecule has 0 radical (unpaired) electrons. The fourth-order valence-corrected chi connectivity index (χ4v) is 4.40. The minimum Gasteiger partial charge on any atom is -0.356 e. The van der Waals surface area contributed by atoms with E-state index in [9.17, 15) is 9.59 Å². The van der Waals surface area contributed by atoms with Gasteiger partial charge in [-0.05, 0) is 36.5 Å². The summed E-state index contributed by atoms with van der Waals surface area (Å²) in [6.07, 6.45) is 4.53. The second-order valence-corrected chi connectivity index (χ2v) is 8.16. The molecule has 2 aliphatic rings. The zero-order valence-electron chi connectivity index (χ0n) is 16.9. The minimum absolute atomic E-state index is 0.0490. The van der Waals surface area contributed by atoms with Crippen LogP contribution < -0.4 is 10.2 Å². The van der Waals surface area contributed by atoms with E-state index in [1.165, 1.54) is 12.5 Å². The van der Waals surface area contributed by atoms with Crippen LogP contribution in [0.2, 0.25) is 0 Å². The van der Waals surface area contributed by atoms with Crippen LogP contribution in [0.5, 0.6) is 0 Å². The van der Waals surface area contributed by atoms with E-state index in [1.807, 2.05) is 35.2 Å². The highest BCUT2D eigenvalue weighted by Gasteiger charge is 2.50. The second-order valence-electron chi connectivity index (χ2n) is 8.16. The lowest BCUT2D eigenvalue weighted by Crippen LogP contribution is -2.37. The Hall–Kier alpha value is -2.89. The van der Waals surface area contributed by atoms with Crippen LogP contribution in [0.15, 0.2) is 48.7 Å². The van der Waals surface area contributed by atoms with E-state index in [2.05, 4.69) is 27.3 Å². The average molecular weight is 393 g/mol. The Labute approximate surface area is 171 Å². The molecule has 6 nitrogen and oxygen atoms in total. The van der Waals surface area contributed by atoms with E-state index in [4.69, 9.17) is 0 Å². The molecule has 1 aromatic heterocycles. The molecule has 2 aliphatic heterocycles. The molecule has 29 heavy (non-hydrogen) atoms. The van der Waals surface area contributed by atoms with Crippen molar-refractivity contribution in [1.82, 2.24) is 15.2 Å². The second kappa shape index (κ2) is 8.23. The lowest BCUT2D eigenvalue weighted by molar-refractivity contribution is -0.135. The Balaban J connectivity index is 1.35. The fraction of sp³-hybridized carbons (Fsp3) is 0.435. The Kier molecular flexibility index (Phi) is 5.51. The first-order valence-corrected chi connectivity index (χ1v) is 10.3. The number of nitrogens with one attached hydrogen (secondary N) is 1. The third-order valence-electron chi connectivity index (χ3n) is 6.14. The lowest BCUT2D eigenvalue weighted by Gasteiger charge is -2.24. The third-order valence-corrected chi connectivity index (χ3v) is 6.14. The highest BCUT2D eigenvalue weighted by Crippen LogP contribution is 2.41. The standard InChI is InChI=1S/C23H28N4O2/c1-18(28)24-15-20-7-8-21(25-16-20)27-14-11-23(17-27)10-13-26(22(23)29)12-9-19-5-3-2-4-6-19/h2-8,16H,9-15,17H2,1H3,(H,24,28). The van der Waals surface area contributed by atoms with Crippen LogP contribution in [0.1, 0.15) is 30.9 Å². The van der Waals surface area contributed by atoms with E-state index in [-0.39, 0.29) is 11.3 Å². The number of aromatic nitrogens is 1. The summed E-state index contributed by atoms with van der Waals surface area (Å²) in [5, 5.41) is 2.78. The Morgan fingerprint density at radius 1 is 1.10 bits per heavy atom. The molecule has 2 fully saturated rings. The molecule has 1 aromatic carbocycles. The quantitative estimate of drug-likeness (QED) is 0.820. The van der Waals surface area contributed by atoms with Crippen LogP contribution in [-0.4, -0.2) is 47.9 Å². The molecule has 1 unspecified atom stereocenters. The maximum Gasteiger partial charge on any atom is 0.230 e. The van der Waals surface area contributed by atoms with Gasteiger partial charge >= 0.3 is 0 Å². The van der Waals surface area contributed by atoms with Gasteiger partial charge in [0.25, 0.3) is 0 Å². The normalized spacial score (nSPS) is 21.2. The predicted molar refractivity (Wildman–Crippen MR) is 112 cm³/mol. The molecule has 3 heterocycles. The molecule has 152 valence electrons. The van der Waals surface area contributed by atoms with Crippen molar-refractivity contribution in [3.8, 4) is 0 Å². The molecule has 1 spiro atoms. The van der Waals surface area contributed by atoms with E-state index < -0.39 is 0 Å². The lowest BCUT2D eigenvalue weighted by atomic mass is 9.85. The summed E-state index contributed by atoms with van der Waals surface area (Å²) in [7, 11) is 0. The highest BCUT2D eigenvalue weighted by molar-refractivity contribution is 5.86. The van der Waals surface area contributed by atoms with Crippen molar-refractivity contribution in [2.24, 2.45) is 5.41 Å². The van der Waals surface area contributed by atoms with Crippen molar-refractivity contribution in [2.75, 3.05) is 31.1 Å². The first kappa shape index (κ1) is 19.4. The third kappa shape index (κ3) is 4.26. The van der Waals surface area contributed by atoms with Crippen molar-refractivity contribution in [3.63, 3.8) is 0 Å². The molecule has 1 N–H and O–H groups in total. The van der Waals surface area contributed by atoms with Gasteiger partial charge in [0.15, 0.2) is 0 Å². The van der Waals surface area contributed by atoms with E-state index in [1.54, 1.807) is 6.20 Å². The molecule has 4 rings (SSSR count). The van der Waals surface area contributed by atoms with Crippen molar-refractivity contribution in [2.45, 2.75) is 32.7 Å². The van der Waals surface area contributed by atoms with Gasteiger partial charge in [0.1, 0.15) is 5.82 Å². The Bertz CT molecular complexity index is 868. The van der Waals surface area contributed by atoms with Crippen molar-refractivity contribution < 1.29 is 9.59 Å². The van der Waals surface area contributed by atoms with Gasteiger partial charge in [-0.3, -0.25) is 9.59 Å². The molecular weight excluding hydrogens is 364 g/mol. The zero-order chi connectivity index (χ0) is 20.3. The van der Waals surface area contributed by atoms with Gasteiger partial charge in [-0.2, -0.15) is 0 Å². The molecule has 0 aliphatic carbocycles. The number of amides is 2. The summed E-state index contributed by atoms with van der Waals surface area (Å²) in [5.74, 6) is 1.16. The number of hydrogen-bond acceptors (Lipinski definition) is 4. The van der Waals surface area contributed by atoms with E-state index in [0.717, 1.165) is 56.8 Å². The van der Waals surface area contributed by atoms with Crippen LogP contribution in [-0.2, 0) is 22.6 Å². The highest BCUT2D eigenvalue weighted by atomic mass is 16.2. The van der Waals surface area contributed by atoms with Crippen molar-refractivity contribution >= 4 is 17.6 Å². The molecule has 0 saturated carbocycles. The minimum atomic E-state index is -0.257. The first-order chi connectivity index (χ1) is 14.1. The molecule has 6 heteroatoms. The number of pyridine rings is 1. The van der Waals surface area contributed by atoms with Crippen LogP contribution in [0.4, 0.5) is 5.82 Å². The van der Waals surface area contributed by atoms with Crippen LogP contribution in [0, 0.1) is 5.41 Å². The SMILES string of the molecule is CC(=O)NCc1ccc(N2CCC3(CCN(CCc4ccccc4)C3=O)C2)nc1. The predicted octanol–water partition coefficient (Wildman–Crippen LogP) is 2.39. The molecule has 0 bridgehead atoms. The topological polar surface area (TPSA) is 65.5 Å². The largest absolute Gasteiger partial charge is 0.356 e. The monoisotopic (exact) mass is 392 g/mol. The molecule has 2 aromatic rings. The van der Waals surface area contributed by atoms with Crippen molar-refractivity contribution in [3.05, 3.63) is 59.8 Å². The smallest absolute Gasteiger partial charge is 0.230 e. The van der Waals surface area contributed by atoms with E-state index >= 15 is 0 Å². The molecule has 2 saturated heterocycles. The number of hydrogen-bond donors (Lipinski definition) is 1. The number of anilines is 1. The molecule has 1 atom stereocenters. The zero-order valence-corrected chi connectivity index (χ0v) is 16.9. The first-order valence-electron chi connectivity index (χ1n) is 10.3. The molecule has 2 amide bonds. The average Bonchev–Trinajstić information content (AvgIpc) is 3.31. The van der Waals surface area contributed by atoms with Gasteiger partial charge in [0.2, 0.25) is 11.8 Å². The number of carbonyl (C=O) groups is 2. The van der Waals surface area contributed by atoms with Crippen LogP contribution in [0.25, 0.3) is 0 Å². The van der Waals surface area contributed by atoms with Gasteiger partial charge in [-0.15, -0.1) is 0 Å². The maximum atomic E-state index is 13.2. The Morgan fingerprint density at radius 3 is 2.62 bits per heavy atom.